The molecule has 1 unspecified atom stereocenters. The Hall–Kier alpha value is -1.30. The molecule has 5 nitrogen and oxygen atoms in total. The topological polar surface area (TPSA) is 55.2 Å². The summed E-state index contributed by atoms with van der Waals surface area (Å²) in [7, 11) is 1.63. The van der Waals surface area contributed by atoms with E-state index in [1.54, 1.807) is 37.1 Å². The maximum absolute atomic E-state index is 12.6. The Morgan fingerprint density at radius 2 is 1.92 bits per heavy atom. The lowest BCUT2D eigenvalue weighted by molar-refractivity contribution is -0.132. The predicted molar refractivity (Wildman–Crippen MR) is 102 cm³/mol. The Labute approximate surface area is 161 Å². The number of rotatable bonds is 5. The molecule has 0 fully saturated rings. The molecule has 8 heteroatoms. The molecule has 1 amide bonds. The first-order valence-electron chi connectivity index (χ1n) is 7.88. The van der Waals surface area contributed by atoms with Crippen LogP contribution in [0, 0.1) is 5.92 Å². The molecule has 0 N–H and O–H groups in total. The van der Waals surface area contributed by atoms with Gasteiger partial charge in [0.25, 0.3) is 11.5 Å². The lowest BCUT2D eigenvalue weighted by Gasteiger charge is -2.31. The molecule has 1 aromatic heterocycles. The Balaban J connectivity index is 2.59. The van der Waals surface area contributed by atoms with Crippen molar-refractivity contribution in [3.05, 3.63) is 39.4 Å². The van der Waals surface area contributed by atoms with Gasteiger partial charge in [-0.05, 0) is 31.0 Å². The number of hydrogen-bond acceptors (Lipinski definition) is 3. The van der Waals surface area contributed by atoms with Crippen LogP contribution in [0.25, 0.3) is 10.9 Å². The molecule has 0 bridgehead atoms. The highest BCUT2D eigenvalue weighted by atomic mass is 35.5. The summed E-state index contributed by atoms with van der Waals surface area (Å²) in [4.78, 5) is 30.0. The van der Waals surface area contributed by atoms with Crippen LogP contribution in [0.4, 0.5) is 0 Å². The minimum atomic E-state index is -1.17. The van der Waals surface area contributed by atoms with Gasteiger partial charge in [0.05, 0.1) is 16.9 Å². The third-order valence-electron chi connectivity index (χ3n) is 3.95. The van der Waals surface area contributed by atoms with Crippen molar-refractivity contribution in [2.24, 2.45) is 13.0 Å². The minimum Gasteiger partial charge on any atom is -0.330 e. The fourth-order valence-electron chi connectivity index (χ4n) is 2.73. The first-order valence-corrected chi connectivity index (χ1v) is 9.13. The van der Waals surface area contributed by atoms with Crippen LogP contribution in [0.2, 0.25) is 5.02 Å². The van der Waals surface area contributed by atoms with Gasteiger partial charge in [-0.3, -0.25) is 14.2 Å². The number of carbonyl (C=O) groups is 1. The summed E-state index contributed by atoms with van der Waals surface area (Å²) in [5.41, 5.74) is 0.288. The summed E-state index contributed by atoms with van der Waals surface area (Å²) < 4.78 is 1.44. The predicted octanol–water partition coefficient (Wildman–Crippen LogP) is 3.94. The maximum atomic E-state index is 12.6. The van der Waals surface area contributed by atoms with Crippen LogP contribution in [0.1, 0.15) is 32.6 Å². The molecular formula is C17H20Cl3N3O2. The quantitative estimate of drug-likeness (QED) is 0.709. The molecule has 1 aromatic carbocycles. The van der Waals surface area contributed by atoms with Crippen molar-refractivity contribution < 1.29 is 4.79 Å². The lowest BCUT2D eigenvalue weighted by atomic mass is 10.1. The van der Waals surface area contributed by atoms with E-state index in [9.17, 15) is 9.59 Å². The molecule has 0 aliphatic carbocycles. The van der Waals surface area contributed by atoms with Crippen LogP contribution in [-0.2, 0) is 11.8 Å². The lowest BCUT2D eigenvalue weighted by Crippen LogP contribution is -2.41. The van der Waals surface area contributed by atoms with Gasteiger partial charge in [-0.15, -0.1) is 0 Å². The number of amides is 1. The average molecular weight is 405 g/mol. The molecule has 0 aliphatic rings. The van der Waals surface area contributed by atoms with Crippen LogP contribution in [-0.4, -0.2) is 31.7 Å². The Bertz CT molecular complexity index is 849. The Morgan fingerprint density at radius 3 is 2.48 bits per heavy atom. The van der Waals surface area contributed by atoms with E-state index in [-0.39, 0.29) is 11.5 Å². The van der Waals surface area contributed by atoms with Crippen molar-refractivity contribution in [2.45, 2.75) is 31.6 Å². The second-order valence-corrected chi connectivity index (χ2v) is 7.89. The van der Waals surface area contributed by atoms with Crippen molar-refractivity contribution in [3.63, 3.8) is 0 Å². The third-order valence-corrected chi connectivity index (χ3v) is 4.55. The zero-order valence-corrected chi connectivity index (χ0v) is 16.7. The number of alkyl halides is 2. The van der Waals surface area contributed by atoms with Crippen molar-refractivity contribution in [1.29, 1.82) is 0 Å². The smallest absolute Gasteiger partial charge is 0.261 e. The number of nitrogens with zero attached hydrogens (tertiary/aromatic N) is 3. The highest BCUT2D eigenvalue weighted by Gasteiger charge is 2.29. The van der Waals surface area contributed by atoms with Crippen LogP contribution in [0.5, 0.6) is 0 Å². The number of fused-ring (bicyclic) bond motifs is 1. The fraction of sp³-hybridized carbons (Fsp3) is 0.471. The molecule has 0 saturated carbocycles. The molecule has 25 heavy (non-hydrogen) atoms. The molecule has 0 spiro atoms. The van der Waals surface area contributed by atoms with Crippen molar-refractivity contribution in [1.82, 2.24) is 14.5 Å². The largest absolute Gasteiger partial charge is 0.330 e. The monoisotopic (exact) mass is 403 g/mol. The van der Waals surface area contributed by atoms with Gasteiger partial charge in [0.2, 0.25) is 0 Å². The molecule has 136 valence electrons. The number of hydrogen-bond donors (Lipinski definition) is 0. The van der Waals surface area contributed by atoms with E-state index in [2.05, 4.69) is 4.98 Å². The summed E-state index contributed by atoms with van der Waals surface area (Å²) in [6.45, 7) is 6.21. The van der Waals surface area contributed by atoms with E-state index in [0.717, 1.165) is 0 Å². The molecule has 0 radical (unpaired) electrons. The molecule has 1 heterocycles. The highest BCUT2D eigenvalue weighted by Crippen LogP contribution is 2.24. The van der Waals surface area contributed by atoms with Gasteiger partial charge in [0.15, 0.2) is 4.84 Å². The number of carbonyl (C=O) groups excluding carboxylic acids is 1. The fourth-order valence-corrected chi connectivity index (χ4v) is 3.15. The molecule has 2 aromatic rings. The summed E-state index contributed by atoms with van der Waals surface area (Å²) in [5, 5.41) is 0.959. The van der Waals surface area contributed by atoms with Crippen LogP contribution >= 0.6 is 34.8 Å². The summed E-state index contributed by atoms with van der Waals surface area (Å²) in [6.07, 6.45) is 0. The van der Waals surface area contributed by atoms with Gasteiger partial charge in [0, 0.05) is 18.6 Å². The third kappa shape index (κ3) is 4.27. The van der Waals surface area contributed by atoms with Gasteiger partial charge < -0.3 is 4.90 Å². The SMILES string of the molecule is CC(C)CN(C(=O)C(Cl)Cl)C(C)c1nc2cc(Cl)ccc2c(=O)n1C. The Morgan fingerprint density at radius 1 is 1.28 bits per heavy atom. The van der Waals surface area contributed by atoms with Crippen LogP contribution in [0.15, 0.2) is 23.0 Å². The molecular weight excluding hydrogens is 385 g/mol. The molecule has 0 saturated heterocycles. The van der Waals surface area contributed by atoms with Crippen LogP contribution < -0.4 is 5.56 Å². The van der Waals surface area contributed by atoms with Gasteiger partial charge in [-0.2, -0.15) is 0 Å². The average Bonchev–Trinajstić information content (AvgIpc) is 2.54. The summed E-state index contributed by atoms with van der Waals surface area (Å²) in [5.74, 6) is 0.234. The van der Waals surface area contributed by atoms with E-state index >= 15 is 0 Å². The summed E-state index contributed by atoms with van der Waals surface area (Å²) >= 11 is 17.6. The number of benzene rings is 1. The van der Waals surface area contributed by atoms with E-state index in [1.807, 2.05) is 13.8 Å². The van der Waals surface area contributed by atoms with Gasteiger partial charge >= 0.3 is 0 Å². The normalized spacial score (nSPS) is 12.8. The first-order chi connectivity index (χ1) is 11.6. The van der Waals surface area contributed by atoms with Crippen molar-refractivity contribution >= 4 is 51.6 Å². The van der Waals surface area contributed by atoms with Gasteiger partial charge in [-0.1, -0.05) is 48.7 Å². The molecule has 1 atom stereocenters. The standard InChI is InChI=1S/C17H20Cl3N3O2/c1-9(2)8-23(17(25)14(19)20)10(3)15-21-13-7-11(18)5-6-12(13)16(24)22(15)4/h5-7,9-10,14H,8H2,1-4H3. The zero-order valence-electron chi connectivity index (χ0n) is 14.5. The van der Waals surface area contributed by atoms with E-state index < -0.39 is 16.8 Å². The molecule has 0 aliphatic heterocycles. The second-order valence-electron chi connectivity index (χ2n) is 6.36. The summed E-state index contributed by atoms with van der Waals surface area (Å²) in [6, 6.07) is 4.45. The number of halogens is 3. The first kappa shape index (κ1) is 20.0. The maximum Gasteiger partial charge on any atom is 0.261 e. The van der Waals surface area contributed by atoms with E-state index in [1.165, 1.54) is 4.57 Å². The zero-order chi connectivity index (χ0) is 18.9. The van der Waals surface area contributed by atoms with Crippen molar-refractivity contribution in [3.8, 4) is 0 Å². The van der Waals surface area contributed by atoms with Gasteiger partial charge in [-0.25, -0.2) is 4.98 Å². The highest BCUT2D eigenvalue weighted by molar-refractivity contribution is 6.53. The van der Waals surface area contributed by atoms with Crippen LogP contribution in [0.3, 0.4) is 0 Å². The van der Waals surface area contributed by atoms with Crippen molar-refractivity contribution in [2.75, 3.05) is 6.54 Å². The molecule has 2 rings (SSSR count). The van der Waals surface area contributed by atoms with Gasteiger partial charge in [0.1, 0.15) is 5.82 Å². The van der Waals surface area contributed by atoms with E-state index in [4.69, 9.17) is 34.8 Å². The second kappa shape index (κ2) is 7.94. The number of aromatic nitrogens is 2. The minimum absolute atomic E-state index is 0.199. The van der Waals surface area contributed by atoms with E-state index in [0.29, 0.717) is 28.3 Å². The Kier molecular flexibility index (Phi) is 6.35.